The van der Waals surface area contributed by atoms with E-state index in [1.54, 1.807) is 0 Å². The second-order valence-electron chi connectivity index (χ2n) is 15.8. The van der Waals surface area contributed by atoms with Crippen LogP contribution in [0, 0.1) is 0 Å². The van der Waals surface area contributed by atoms with Crippen molar-refractivity contribution in [2.45, 2.75) is 12.8 Å². The third-order valence-electron chi connectivity index (χ3n) is 12.1. The molecule has 11 rings (SSSR count). The van der Waals surface area contributed by atoms with E-state index in [1.165, 1.54) is 66.6 Å². The summed E-state index contributed by atoms with van der Waals surface area (Å²) in [5, 5.41) is 2.52. The highest BCUT2D eigenvalue weighted by Crippen LogP contribution is 2.46. The van der Waals surface area contributed by atoms with Gasteiger partial charge in [-0.15, -0.1) is 0 Å². The van der Waals surface area contributed by atoms with Gasteiger partial charge in [-0.05, 0) is 130 Å². The van der Waals surface area contributed by atoms with Crippen molar-refractivity contribution < 1.29 is 0 Å². The molecule has 3 aromatic heterocycles. The molecule has 294 valence electrons. The third kappa shape index (κ3) is 6.88. The molecule has 0 radical (unpaired) electrons. The predicted octanol–water partition coefficient (Wildman–Crippen LogP) is 15.3. The summed E-state index contributed by atoms with van der Waals surface area (Å²) in [7, 11) is 0. The van der Waals surface area contributed by atoms with Gasteiger partial charge in [0, 0.05) is 63.9 Å². The fourth-order valence-electron chi connectivity index (χ4n) is 9.13. The summed E-state index contributed by atoms with van der Waals surface area (Å²) < 4.78 is 2.55. The predicted molar refractivity (Wildman–Crippen MR) is 259 cm³/mol. The Bertz CT molecular complexity index is 3140. The van der Waals surface area contributed by atoms with Crippen molar-refractivity contribution in [3.05, 3.63) is 237 Å². The maximum absolute atomic E-state index is 4.37. The van der Waals surface area contributed by atoms with Crippen LogP contribution in [0.4, 0.5) is 11.4 Å². The lowest BCUT2D eigenvalue weighted by Crippen LogP contribution is -2.18. The number of nitrogens with zero attached hydrogens (tertiary/aromatic N) is 4. The molecular formula is C58H42N4. The van der Waals surface area contributed by atoms with Crippen LogP contribution >= 0.6 is 0 Å². The van der Waals surface area contributed by atoms with Crippen LogP contribution in [0.25, 0.3) is 83.1 Å². The zero-order valence-electron chi connectivity index (χ0n) is 34.1. The van der Waals surface area contributed by atoms with Gasteiger partial charge in [-0.1, -0.05) is 140 Å². The molecule has 0 saturated heterocycles. The van der Waals surface area contributed by atoms with Crippen molar-refractivity contribution in [1.82, 2.24) is 14.5 Å². The van der Waals surface area contributed by atoms with Crippen molar-refractivity contribution in [3.63, 3.8) is 0 Å². The zero-order chi connectivity index (χ0) is 41.2. The maximum atomic E-state index is 4.37. The maximum Gasteiger partial charge on any atom is 0.0616 e. The molecule has 0 spiro atoms. The number of hydrogen-bond donors (Lipinski definition) is 0. The van der Waals surface area contributed by atoms with Gasteiger partial charge in [0.05, 0.1) is 11.0 Å². The lowest BCUT2D eigenvalue weighted by Gasteiger charge is -2.30. The average Bonchev–Trinajstić information content (AvgIpc) is 3.70. The fraction of sp³-hybridized carbons (Fsp3) is 0.0345. The topological polar surface area (TPSA) is 34.0 Å². The molecule has 62 heavy (non-hydrogen) atoms. The van der Waals surface area contributed by atoms with Crippen LogP contribution in [0.2, 0.25) is 0 Å². The molecule has 0 N–H and O–H groups in total. The van der Waals surface area contributed by atoms with Gasteiger partial charge in [0.25, 0.3) is 0 Å². The van der Waals surface area contributed by atoms with Gasteiger partial charge in [-0.3, -0.25) is 9.97 Å². The summed E-state index contributed by atoms with van der Waals surface area (Å²) in [6.45, 7) is 0. The fourth-order valence-corrected chi connectivity index (χ4v) is 9.13. The molecule has 4 heteroatoms. The van der Waals surface area contributed by atoms with Crippen molar-refractivity contribution in [2.24, 2.45) is 0 Å². The number of benzene rings is 7. The van der Waals surface area contributed by atoms with E-state index in [9.17, 15) is 0 Å². The molecule has 1 aliphatic carbocycles. The smallest absolute Gasteiger partial charge is 0.0616 e. The molecule has 10 aromatic rings. The average molecular weight is 795 g/mol. The molecule has 0 atom stereocenters. The summed E-state index contributed by atoms with van der Waals surface area (Å²) in [5.74, 6) is 0. The minimum atomic E-state index is 0.850. The van der Waals surface area contributed by atoms with E-state index in [2.05, 4.69) is 214 Å². The summed E-state index contributed by atoms with van der Waals surface area (Å²) in [6, 6.07) is 70.0. The molecule has 0 fully saturated rings. The molecule has 0 aliphatic heterocycles. The van der Waals surface area contributed by atoms with Crippen LogP contribution in [-0.2, 0) is 0 Å². The lowest BCUT2D eigenvalue weighted by molar-refractivity contribution is 0.895. The molecule has 4 nitrogen and oxygen atoms in total. The van der Waals surface area contributed by atoms with Crippen LogP contribution < -0.4 is 4.90 Å². The molecule has 3 heterocycles. The number of aromatic nitrogens is 3. The molecule has 0 amide bonds. The quantitative estimate of drug-likeness (QED) is 0.146. The van der Waals surface area contributed by atoms with Crippen molar-refractivity contribution in [3.8, 4) is 55.6 Å². The number of rotatable bonds is 9. The Morgan fingerprint density at radius 2 is 0.935 bits per heavy atom. The van der Waals surface area contributed by atoms with E-state index in [0.29, 0.717) is 0 Å². The Morgan fingerprint density at radius 1 is 0.403 bits per heavy atom. The Kier molecular flexibility index (Phi) is 9.64. The number of hydrogen-bond acceptors (Lipinski definition) is 3. The van der Waals surface area contributed by atoms with Crippen molar-refractivity contribution >= 4 is 38.9 Å². The molecular weight excluding hydrogens is 753 g/mol. The number of fused-ring (bicyclic) bond motifs is 3. The SMILES string of the molecule is C1=C(N(c2ccc(-c3cccnc3)cc2)c2ccc(-c3cccnc3)cc2)CCC(n2c3cccc(-c4ccccc4)c3c3cc(-c4ccccc4)cc(-c4ccccc4)c32)=C1. The van der Waals surface area contributed by atoms with Crippen molar-refractivity contribution in [1.29, 1.82) is 0 Å². The summed E-state index contributed by atoms with van der Waals surface area (Å²) >= 11 is 0. The van der Waals surface area contributed by atoms with Crippen LogP contribution in [0.5, 0.6) is 0 Å². The largest absolute Gasteiger partial charge is 0.314 e. The van der Waals surface area contributed by atoms with Crippen LogP contribution in [-0.4, -0.2) is 14.5 Å². The highest BCUT2D eigenvalue weighted by molar-refractivity contribution is 6.20. The van der Waals surface area contributed by atoms with Crippen LogP contribution in [0.15, 0.2) is 237 Å². The molecule has 1 aliphatic rings. The molecule has 0 bridgehead atoms. The van der Waals surface area contributed by atoms with Gasteiger partial charge in [0.15, 0.2) is 0 Å². The third-order valence-corrected chi connectivity index (χ3v) is 12.1. The standard InChI is InChI=1S/C58H42N4/c1-4-13-41(14-5-1)48-37-54(45-17-8-3-9-18-45)58-55(38-48)57-53(44-15-6-2-7-16-44)21-10-22-56(57)62(58)52-33-31-51(32-34-52)61(49-27-23-42(24-28-49)46-19-11-35-59-39-46)50-29-25-43(26-30-50)47-20-12-36-60-40-47/h1-31,33,35-40H,32,34H2. The van der Waals surface area contributed by atoms with Crippen molar-refractivity contribution in [2.75, 3.05) is 4.90 Å². The minimum absolute atomic E-state index is 0.850. The van der Waals surface area contributed by atoms with Gasteiger partial charge in [-0.25, -0.2) is 0 Å². The van der Waals surface area contributed by atoms with E-state index in [4.69, 9.17) is 0 Å². The van der Waals surface area contributed by atoms with E-state index < -0.39 is 0 Å². The van der Waals surface area contributed by atoms with Gasteiger partial charge in [0.2, 0.25) is 0 Å². The Morgan fingerprint density at radius 3 is 1.47 bits per heavy atom. The van der Waals surface area contributed by atoms with Gasteiger partial charge < -0.3 is 9.47 Å². The van der Waals surface area contributed by atoms with Gasteiger partial charge in [0.1, 0.15) is 0 Å². The van der Waals surface area contributed by atoms with Crippen LogP contribution in [0.1, 0.15) is 12.8 Å². The monoisotopic (exact) mass is 794 g/mol. The molecule has 7 aromatic carbocycles. The minimum Gasteiger partial charge on any atom is -0.314 e. The first-order valence-electron chi connectivity index (χ1n) is 21.3. The Labute approximate surface area is 362 Å². The first-order chi connectivity index (χ1) is 30.8. The van der Waals surface area contributed by atoms with Gasteiger partial charge in [-0.2, -0.15) is 0 Å². The lowest BCUT2D eigenvalue weighted by atomic mass is 9.93. The molecule has 0 unspecified atom stereocenters. The second-order valence-corrected chi connectivity index (χ2v) is 15.8. The number of anilines is 2. The number of pyridine rings is 2. The Hall–Kier alpha value is -8.08. The highest BCUT2D eigenvalue weighted by atomic mass is 15.2. The van der Waals surface area contributed by atoms with E-state index in [0.717, 1.165) is 46.5 Å². The first kappa shape index (κ1) is 37.0. The summed E-state index contributed by atoms with van der Waals surface area (Å²) in [6.07, 6.45) is 13.9. The number of allylic oxidation sites excluding steroid dienone is 4. The van der Waals surface area contributed by atoms with E-state index in [1.807, 2.05) is 36.9 Å². The Balaban J connectivity index is 1.10. The molecule has 0 saturated carbocycles. The van der Waals surface area contributed by atoms with E-state index in [-0.39, 0.29) is 0 Å². The highest BCUT2D eigenvalue weighted by Gasteiger charge is 2.24. The zero-order valence-corrected chi connectivity index (χ0v) is 34.1. The second kappa shape index (κ2) is 16.2. The summed E-state index contributed by atoms with van der Waals surface area (Å²) in [5.41, 5.74) is 18.9. The summed E-state index contributed by atoms with van der Waals surface area (Å²) in [4.78, 5) is 11.1. The van der Waals surface area contributed by atoms with E-state index >= 15 is 0 Å². The van der Waals surface area contributed by atoms with Gasteiger partial charge >= 0.3 is 0 Å². The first-order valence-corrected chi connectivity index (χ1v) is 21.3. The van der Waals surface area contributed by atoms with Crippen LogP contribution in [0.3, 0.4) is 0 Å². The normalized spacial score (nSPS) is 12.6.